The zero-order chi connectivity index (χ0) is 24.4. The highest BCUT2D eigenvalue weighted by Gasteiger charge is 2.30. The lowest BCUT2D eigenvalue weighted by molar-refractivity contribution is 0.0954. The molecule has 1 atom stereocenters. The van der Waals surface area contributed by atoms with E-state index in [0.717, 1.165) is 39.1 Å². The van der Waals surface area contributed by atoms with Crippen molar-refractivity contribution >= 4 is 23.4 Å². The van der Waals surface area contributed by atoms with Crippen LogP contribution in [0.15, 0.2) is 72.9 Å². The molecule has 3 aromatic carbocycles. The summed E-state index contributed by atoms with van der Waals surface area (Å²) in [7, 11) is 0. The van der Waals surface area contributed by atoms with Crippen molar-refractivity contribution in [3.63, 3.8) is 0 Å². The van der Waals surface area contributed by atoms with Crippen LogP contribution in [0.4, 0.5) is 17.5 Å². The molecule has 1 aliphatic rings. The van der Waals surface area contributed by atoms with Gasteiger partial charge in [0.1, 0.15) is 11.9 Å². The Labute approximate surface area is 203 Å². The Balaban J connectivity index is 1.18. The van der Waals surface area contributed by atoms with Crippen LogP contribution in [-0.2, 0) is 13.0 Å². The van der Waals surface area contributed by atoms with Gasteiger partial charge in [0.2, 0.25) is 5.95 Å². The molecule has 1 heterocycles. The summed E-state index contributed by atoms with van der Waals surface area (Å²) < 4.78 is 0. The van der Waals surface area contributed by atoms with Crippen molar-refractivity contribution in [1.29, 1.82) is 0 Å². The summed E-state index contributed by atoms with van der Waals surface area (Å²) in [6.07, 6.45) is 1.60. The van der Waals surface area contributed by atoms with E-state index in [4.69, 9.17) is 11.5 Å². The summed E-state index contributed by atoms with van der Waals surface area (Å²) in [5.41, 5.74) is 18.1. The zero-order valence-corrected chi connectivity index (χ0v) is 19.0. The molecule has 5 rings (SSSR count). The number of nitrogens with two attached hydrogens (primary N) is 2. The van der Waals surface area contributed by atoms with Crippen molar-refractivity contribution in [2.75, 3.05) is 23.3 Å². The number of fused-ring (bicyclic) bond motifs is 3. The Morgan fingerprint density at radius 3 is 2.54 bits per heavy atom. The average molecular weight is 467 g/mol. The number of carbonyl (C=O) groups is 1. The van der Waals surface area contributed by atoms with Crippen LogP contribution in [0.1, 0.15) is 38.7 Å². The van der Waals surface area contributed by atoms with Gasteiger partial charge in [0, 0.05) is 41.7 Å². The van der Waals surface area contributed by atoms with Gasteiger partial charge in [-0.1, -0.05) is 48.5 Å². The Morgan fingerprint density at radius 1 is 0.971 bits per heavy atom. The van der Waals surface area contributed by atoms with Gasteiger partial charge in [-0.25, -0.2) is 4.98 Å². The Kier molecular flexibility index (Phi) is 6.03. The van der Waals surface area contributed by atoms with Crippen LogP contribution in [0.3, 0.4) is 0 Å². The maximum Gasteiger partial charge on any atom is 0.251 e. The van der Waals surface area contributed by atoms with Crippen LogP contribution in [0.5, 0.6) is 0 Å². The minimum atomic E-state index is -0.704. The van der Waals surface area contributed by atoms with E-state index < -0.39 is 6.10 Å². The largest absolute Gasteiger partial charge is 0.384 e. The first-order valence-corrected chi connectivity index (χ1v) is 11.4. The van der Waals surface area contributed by atoms with Gasteiger partial charge in [-0.15, -0.1) is 0 Å². The topological polar surface area (TPSA) is 139 Å². The maximum absolute atomic E-state index is 13.0. The van der Waals surface area contributed by atoms with Crippen molar-refractivity contribution in [3.8, 4) is 11.1 Å². The van der Waals surface area contributed by atoms with E-state index in [1.807, 2.05) is 66.7 Å². The number of carbonyl (C=O) groups excluding carboxylic acids is 1. The van der Waals surface area contributed by atoms with E-state index in [1.54, 1.807) is 6.20 Å². The van der Waals surface area contributed by atoms with Crippen LogP contribution in [0.2, 0.25) is 0 Å². The number of nitrogen functional groups attached to an aromatic ring is 2. The van der Waals surface area contributed by atoms with Gasteiger partial charge in [-0.3, -0.25) is 4.79 Å². The molecule has 1 unspecified atom stereocenters. The first kappa shape index (κ1) is 22.4. The molecule has 4 aromatic rings. The van der Waals surface area contributed by atoms with Gasteiger partial charge in [0.15, 0.2) is 0 Å². The lowest BCUT2D eigenvalue weighted by Crippen LogP contribution is -2.26. The van der Waals surface area contributed by atoms with Crippen molar-refractivity contribution in [2.45, 2.75) is 19.1 Å². The number of nitrogens with zero attached hydrogens (tertiary/aromatic N) is 2. The zero-order valence-electron chi connectivity index (χ0n) is 19.0. The molecule has 0 fully saturated rings. The Hall–Kier alpha value is -4.43. The second-order valence-electron chi connectivity index (χ2n) is 8.45. The first-order chi connectivity index (χ1) is 17.0. The van der Waals surface area contributed by atoms with E-state index in [9.17, 15) is 9.90 Å². The first-order valence-electron chi connectivity index (χ1n) is 11.4. The van der Waals surface area contributed by atoms with E-state index in [1.165, 1.54) is 0 Å². The SMILES string of the molecule is Nc1ncc(CNc2ccc(CCNC(=O)c3cccc4c3-c3ccccc3C4O)cc2)c(N)n1. The maximum atomic E-state index is 13.0. The summed E-state index contributed by atoms with van der Waals surface area (Å²) in [4.78, 5) is 20.9. The number of hydrogen-bond acceptors (Lipinski definition) is 7. The van der Waals surface area contributed by atoms with E-state index in [0.29, 0.717) is 30.9 Å². The fraction of sp³-hybridized carbons (Fsp3) is 0.148. The number of anilines is 3. The third kappa shape index (κ3) is 4.51. The van der Waals surface area contributed by atoms with Crippen molar-refractivity contribution in [1.82, 2.24) is 15.3 Å². The summed E-state index contributed by atoms with van der Waals surface area (Å²) in [5, 5.41) is 17.0. The summed E-state index contributed by atoms with van der Waals surface area (Å²) in [6.45, 7) is 0.986. The van der Waals surface area contributed by atoms with E-state index in [2.05, 4.69) is 20.6 Å². The number of aliphatic hydroxyl groups excluding tert-OH is 1. The molecule has 8 heteroatoms. The molecular weight excluding hydrogens is 440 g/mol. The molecule has 0 bridgehead atoms. The third-order valence-electron chi connectivity index (χ3n) is 6.21. The van der Waals surface area contributed by atoms with Crippen LogP contribution >= 0.6 is 0 Å². The average Bonchev–Trinajstić information content (AvgIpc) is 3.16. The van der Waals surface area contributed by atoms with Crippen LogP contribution in [0.25, 0.3) is 11.1 Å². The van der Waals surface area contributed by atoms with Crippen LogP contribution in [-0.4, -0.2) is 27.5 Å². The number of nitrogens with one attached hydrogen (secondary N) is 2. The van der Waals surface area contributed by atoms with Crippen LogP contribution in [0, 0.1) is 0 Å². The van der Waals surface area contributed by atoms with Gasteiger partial charge in [0.25, 0.3) is 5.91 Å². The van der Waals surface area contributed by atoms with Crippen molar-refractivity contribution in [2.24, 2.45) is 0 Å². The molecule has 0 spiro atoms. The molecule has 0 radical (unpaired) electrons. The number of aromatic nitrogens is 2. The predicted octanol–water partition coefficient (Wildman–Crippen LogP) is 3.29. The fourth-order valence-corrected chi connectivity index (χ4v) is 4.39. The summed E-state index contributed by atoms with van der Waals surface area (Å²) in [5.74, 6) is 0.369. The smallest absolute Gasteiger partial charge is 0.251 e. The summed E-state index contributed by atoms with van der Waals surface area (Å²) in [6, 6.07) is 21.2. The highest BCUT2D eigenvalue weighted by atomic mass is 16.3. The van der Waals surface area contributed by atoms with E-state index in [-0.39, 0.29) is 11.9 Å². The van der Waals surface area contributed by atoms with Crippen molar-refractivity contribution in [3.05, 3.63) is 101 Å². The molecule has 0 saturated carbocycles. The number of rotatable bonds is 7. The quantitative estimate of drug-likeness (QED) is 0.282. The molecule has 35 heavy (non-hydrogen) atoms. The molecular formula is C27H26N6O2. The van der Waals surface area contributed by atoms with Gasteiger partial charge in [-0.05, 0) is 46.9 Å². The number of benzene rings is 3. The van der Waals surface area contributed by atoms with Gasteiger partial charge < -0.3 is 27.2 Å². The lowest BCUT2D eigenvalue weighted by Gasteiger charge is -2.11. The Morgan fingerprint density at radius 2 is 1.74 bits per heavy atom. The minimum absolute atomic E-state index is 0.146. The van der Waals surface area contributed by atoms with Gasteiger partial charge in [-0.2, -0.15) is 4.98 Å². The standard InChI is InChI=1S/C27H26N6O2/c28-25-17(15-32-27(29)33-25)14-31-18-10-8-16(9-11-18)12-13-30-26(35)22-7-3-6-21-23(22)19-4-1-2-5-20(19)24(21)34/h1-11,15,24,31,34H,12-14H2,(H,30,35)(H4,28,29,32,33). The van der Waals surface area contributed by atoms with Gasteiger partial charge >= 0.3 is 0 Å². The van der Waals surface area contributed by atoms with Crippen LogP contribution < -0.4 is 22.1 Å². The second-order valence-corrected chi connectivity index (χ2v) is 8.45. The molecule has 7 N–H and O–H groups in total. The molecule has 1 aliphatic carbocycles. The molecule has 1 aromatic heterocycles. The second kappa shape index (κ2) is 9.44. The summed E-state index contributed by atoms with van der Waals surface area (Å²) >= 11 is 0. The number of hydrogen-bond donors (Lipinski definition) is 5. The molecule has 176 valence electrons. The highest BCUT2D eigenvalue weighted by molar-refractivity contribution is 6.03. The molecule has 0 aliphatic heterocycles. The molecule has 8 nitrogen and oxygen atoms in total. The third-order valence-corrected chi connectivity index (χ3v) is 6.21. The lowest BCUT2D eigenvalue weighted by atomic mass is 9.99. The molecule has 1 amide bonds. The number of amides is 1. The minimum Gasteiger partial charge on any atom is -0.384 e. The fourth-order valence-electron chi connectivity index (χ4n) is 4.39. The van der Waals surface area contributed by atoms with Gasteiger partial charge in [0.05, 0.1) is 0 Å². The molecule has 0 saturated heterocycles. The van der Waals surface area contributed by atoms with E-state index >= 15 is 0 Å². The highest BCUT2D eigenvalue weighted by Crippen LogP contribution is 2.44. The Bertz CT molecular complexity index is 1390. The monoisotopic (exact) mass is 466 g/mol. The van der Waals surface area contributed by atoms with Crippen molar-refractivity contribution < 1.29 is 9.90 Å². The normalized spacial score (nSPS) is 13.7. The number of aliphatic hydroxyl groups is 1. The predicted molar refractivity (Wildman–Crippen MR) is 137 cm³/mol.